The van der Waals surface area contributed by atoms with E-state index in [9.17, 15) is 4.79 Å². The quantitative estimate of drug-likeness (QED) is 0.220. The van der Waals surface area contributed by atoms with Crippen LogP contribution in [0.5, 0.6) is 5.75 Å². The summed E-state index contributed by atoms with van der Waals surface area (Å²) in [6.45, 7) is 6.25. The fourth-order valence-corrected chi connectivity index (χ4v) is 4.96. The highest BCUT2D eigenvalue weighted by Crippen LogP contribution is 2.43. The molecule has 190 valence electrons. The SMILES string of the molecule is C=CC[C@]1(C(=O)NNC2c3ccccc3-c3ccccc32)N=C(c2ccc(OCCCO)cc2)O[C@H]1C. The normalized spacial score (nSPS) is 19.9. The molecule has 7 nitrogen and oxygen atoms in total. The number of aliphatic hydroxyl groups excluding tert-OH is 1. The Bertz CT molecular complexity index is 1270. The molecule has 3 N–H and O–H groups in total. The highest BCUT2D eigenvalue weighted by Gasteiger charge is 2.49. The number of benzene rings is 3. The first kappa shape index (κ1) is 24.7. The van der Waals surface area contributed by atoms with Crippen molar-refractivity contribution in [3.63, 3.8) is 0 Å². The summed E-state index contributed by atoms with van der Waals surface area (Å²) in [7, 11) is 0. The van der Waals surface area contributed by atoms with E-state index < -0.39 is 11.6 Å². The van der Waals surface area contributed by atoms with Gasteiger partial charge in [0.25, 0.3) is 5.91 Å². The zero-order chi connectivity index (χ0) is 25.8. The van der Waals surface area contributed by atoms with Gasteiger partial charge in [0.1, 0.15) is 11.9 Å². The third kappa shape index (κ3) is 4.63. The Labute approximate surface area is 216 Å². The number of nitrogens with one attached hydrogen (secondary N) is 2. The molecular weight excluding hydrogens is 466 g/mol. The van der Waals surface area contributed by atoms with Crippen molar-refractivity contribution in [3.05, 3.63) is 102 Å². The summed E-state index contributed by atoms with van der Waals surface area (Å²) in [4.78, 5) is 18.5. The maximum atomic E-state index is 13.7. The van der Waals surface area contributed by atoms with Crippen LogP contribution in [-0.4, -0.2) is 41.8 Å². The highest BCUT2D eigenvalue weighted by molar-refractivity contribution is 6.00. The lowest BCUT2D eigenvalue weighted by Gasteiger charge is -2.28. The van der Waals surface area contributed by atoms with Crippen LogP contribution >= 0.6 is 0 Å². The van der Waals surface area contributed by atoms with Gasteiger partial charge in [-0.05, 0) is 53.4 Å². The second-order valence-electron chi connectivity index (χ2n) is 9.25. The Morgan fingerprint density at radius 3 is 2.35 bits per heavy atom. The van der Waals surface area contributed by atoms with E-state index in [1.165, 1.54) is 0 Å². The van der Waals surface area contributed by atoms with Gasteiger partial charge in [0.2, 0.25) is 5.90 Å². The minimum Gasteiger partial charge on any atom is -0.494 e. The number of aliphatic hydroxyl groups is 1. The number of hydrazine groups is 1. The van der Waals surface area contributed by atoms with Gasteiger partial charge in [-0.1, -0.05) is 54.6 Å². The van der Waals surface area contributed by atoms with E-state index in [-0.39, 0.29) is 18.6 Å². The summed E-state index contributed by atoms with van der Waals surface area (Å²) in [5.41, 5.74) is 10.4. The molecule has 0 unspecified atom stereocenters. The van der Waals surface area contributed by atoms with Gasteiger partial charge in [0.15, 0.2) is 5.54 Å². The lowest BCUT2D eigenvalue weighted by Crippen LogP contribution is -2.55. The monoisotopic (exact) mass is 497 g/mol. The summed E-state index contributed by atoms with van der Waals surface area (Å²) in [5.74, 6) is 0.823. The van der Waals surface area contributed by atoms with E-state index in [0.29, 0.717) is 31.1 Å². The topological polar surface area (TPSA) is 92.2 Å². The number of fused-ring (bicyclic) bond motifs is 3. The van der Waals surface area contributed by atoms with E-state index in [4.69, 9.17) is 19.6 Å². The Kier molecular flexibility index (Phi) is 7.08. The van der Waals surface area contributed by atoms with Gasteiger partial charge < -0.3 is 14.6 Å². The highest BCUT2D eigenvalue weighted by atomic mass is 16.5. The van der Waals surface area contributed by atoms with Crippen LogP contribution in [0.3, 0.4) is 0 Å². The van der Waals surface area contributed by atoms with Crippen LogP contribution < -0.4 is 15.6 Å². The molecule has 37 heavy (non-hydrogen) atoms. The van der Waals surface area contributed by atoms with Crippen LogP contribution in [-0.2, 0) is 9.53 Å². The fourth-order valence-electron chi connectivity index (χ4n) is 4.96. The molecule has 0 aromatic heterocycles. The van der Waals surface area contributed by atoms with Crippen molar-refractivity contribution in [1.29, 1.82) is 0 Å². The molecule has 2 atom stereocenters. The zero-order valence-electron chi connectivity index (χ0n) is 20.8. The molecule has 1 amide bonds. The summed E-state index contributed by atoms with van der Waals surface area (Å²) < 4.78 is 11.7. The number of ether oxygens (including phenoxy) is 2. The number of carbonyl (C=O) groups is 1. The largest absolute Gasteiger partial charge is 0.494 e. The van der Waals surface area contributed by atoms with Gasteiger partial charge >= 0.3 is 0 Å². The third-order valence-corrected chi connectivity index (χ3v) is 6.95. The van der Waals surface area contributed by atoms with Crippen molar-refractivity contribution < 1.29 is 19.4 Å². The second-order valence-corrected chi connectivity index (χ2v) is 9.25. The van der Waals surface area contributed by atoms with Crippen LogP contribution in [0.4, 0.5) is 0 Å². The number of carbonyl (C=O) groups excluding carboxylic acids is 1. The Morgan fingerprint density at radius 2 is 1.73 bits per heavy atom. The Morgan fingerprint density at radius 1 is 1.08 bits per heavy atom. The molecule has 0 fully saturated rings. The van der Waals surface area contributed by atoms with E-state index in [0.717, 1.165) is 27.8 Å². The molecule has 1 heterocycles. The zero-order valence-corrected chi connectivity index (χ0v) is 20.8. The number of aliphatic imine (C=N–C) groups is 1. The molecule has 2 aliphatic rings. The van der Waals surface area contributed by atoms with Gasteiger partial charge in [0, 0.05) is 25.0 Å². The minimum atomic E-state index is -1.15. The summed E-state index contributed by atoms with van der Waals surface area (Å²) in [6.07, 6.45) is 2.10. The summed E-state index contributed by atoms with van der Waals surface area (Å²) in [5, 5.41) is 8.92. The van der Waals surface area contributed by atoms with Crippen molar-refractivity contribution in [2.75, 3.05) is 13.2 Å². The predicted molar refractivity (Wildman–Crippen MR) is 143 cm³/mol. The number of amides is 1. The maximum Gasteiger partial charge on any atom is 0.266 e. The predicted octanol–water partition coefficient (Wildman–Crippen LogP) is 4.32. The van der Waals surface area contributed by atoms with Gasteiger partial charge in [-0.25, -0.2) is 10.4 Å². The number of hydrogen-bond donors (Lipinski definition) is 3. The van der Waals surface area contributed by atoms with Crippen molar-refractivity contribution in [2.24, 2.45) is 4.99 Å². The average molecular weight is 498 g/mol. The summed E-state index contributed by atoms with van der Waals surface area (Å²) >= 11 is 0. The maximum absolute atomic E-state index is 13.7. The van der Waals surface area contributed by atoms with Gasteiger partial charge in [-0.15, -0.1) is 6.58 Å². The molecule has 7 heteroatoms. The van der Waals surface area contributed by atoms with Crippen LogP contribution in [0.25, 0.3) is 11.1 Å². The standard InChI is InChI=1S/C30H31N3O4/c1-3-17-30(20(2)37-28(31-30)21-13-15-22(16-14-21)36-19-8-18-34)29(35)33-32-27-25-11-6-4-9-23(25)24-10-5-7-12-26(24)27/h3-7,9-16,20,27,32,34H,1,8,17-19H2,2H3,(H,33,35)/t20-,30-/m0/s1. The van der Waals surface area contributed by atoms with E-state index in [1.807, 2.05) is 55.5 Å². The van der Waals surface area contributed by atoms with Crippen molar-refractivity contribution >= 4 is 11.8 Å². The molecule has 0 saturated carbocycles. The average Bonchev–Trinajstić information content (AvgIpc) is 3.43. The lowest BCUT2D eigenvalue weighted by molar-refractivity contribution is -0.129. The first-order chi connectivity index (χ1) is 18.1. The van der Waals surface area contributed by atoms with Crippen molar-refractivity contribution in [3.8, 4) is 16.9 Å². The molecule has 1 aliphatic heterocycles. The van der Waals surface area contributed by atoms with Crippen molar-refractivity contribution in [2.45, 2.75) is 37.5 Å². The molecule has 5 rings (SSSR count). The molecule has 0 saturated heterocycles. The fraction of sp³-hybridized carbons (Fsp3) is 0.267. The third-order valence-electron chi connectivity index (χ3n) is 6.95. The number of rotatable bonds is 10. The van der Waals surface area contributed by atoms with E-state index in [2.05, 4.69) is 41.7 Å². The second kappa shape index (κ2) is 10.6. The van der Waals surface area contributed by atoms with Gasteiger partial charge in [-0.2, -0.15) is 0 Å². The van der Waals surface area contributed by atoms with E-state index in [1.54, 1.807) is 6.08 Å². The van der Waals surface area contributed by atoms with Crippen LogP contribution in [0, 0.1) is 0 Å². The molecule has 3 aromatic carbocycles. The minimum absolute atomic E-state index is 0.0860. The van der Waals surface area contributed by atoms with Gasteiger partial charge in [-0.3, -0.25) is 10.2 Å². The number of hydrogen-bond acceptors (Lipinski definition) is 6. The smallest absolute Gasteiger partial charge is 0.266 e. The van der Waals surface area contributed by atoms with Crippen LogP contribution in [0.2, 0.25) is 0 Å². The molecule has 0 radical (unpaired) electrons. The Balaban J connectivity index is 1.35. The molecule has 0 spiro atoms. The molecule has 3 aromatic rings. The van der Waals surface area contributed by atoms with Crippen molar-refractivity contribution in [1.82, 2.24) is 10.9 Å². The van der Waals surface area contributed by atoms with Gasteiger partial charge in [0.05, 0.1) is 12.6 Å². The van der Waals surface area contributed by atoms with Crippen LogP contribution in [0.15, 0.2) is 90.4 Å². The van der Waals surface area contributed by atoms with Crippen LogP contribution in [0.1, 0.15) is 42.5 Å². The molecule has 0 bridgehead atoms. The molecule has 1 aliphatic carbocycles. The first-order valence-electron chi connectivity index (χ1n) is 12.5. The first-order valence-corrected chi connectivity index (χ1v) is 12.5. The van der Waals surface area contributed by atoms with E-state index >= 15 is 0 Å². The lowest BCUT2D eigenvalue weighted by atomic mass is 9.89. The summed E-state index contributed by atoms with van der Waals surface area (Å²) in [6, 6.07) is 23.6. The Hall–Kier alpha value is -3.94. The number of nitrogens with zero attached hydrogens (tertiary/aromatic N) is 1. The molecular formula is C30H31N3O4.